The highest BCUT2D eigenvalue weighted by molar-refractivity contribution is 6.30. The third kappa shape index (κ3) is 6.45. The Morgan fingerprint density at radius 1 is 1.03 bits per heavy atom. The first-order chi connectivity index (χ1) is 17.9. The van der Waals surface area contributed by atoms with Crippen LogP contribution in [0.25, 0.3) is 0 Å². The Hall–Kier alpha value is -3.06. The third-order valence-electron chi connectivity index (χ3n) is 7.22. The molecule has 3 aromatic rings. The van der Waals surface area contributed by atoms with E-state index in [0.29, 0.717) is 18.1 Å². The molecule has 6 nitrogen and oxygen atoms in total. The molecule has 0 spiro atoms. The molecule has 1 fully saturated rings. The molecule has 2 aliphatic heterocycles. The first-order valence-corrected chi connectivity index (χ1v) is 13.3. The van der Waals surface area contributed by atoms with E-state index >= 15 is 0 Å². The van der Waals surface area contributed by atoms with E-state index < -0.39 is 0 Å². The minimum atomic E-state index is -0.202. The minimum Gasteiger partial charge on any atom is -0.454 e. The Kier molecular flexibility index (Phi) is 7.99. The van der Waals surface area contributed by atoms with Crippen molar-refractivity contribution in [1.82, 2.24) is 15.5 Å². The van der Waals surface area contributed by atoms with Gasteiger partial charge in [-0.15, -0.1) is 0 Å². The van der Waals surface area contributed by atoms with Crippen molar-refractivity contribution in [3.63, 3.8) is 0 Å². The van der Waals surface area contributed by atoms with Crippen LogP contribution in [0.2, 0.25) is 5.02 Å². The van der Waals surface area contributed by atoms with Gasteiger partial charge in [0.25, 0.3) is 0 Å². The fourth-order valence-electron chi connectivity index (χ4n) is 5.16. The first kappa shape index (κ1) is 25.6. The molecule has 2 aliphatic rings. The van der Waals surface area contributed by atoms with Crippen LogP contribution in [0, 0.1) is 13.8 Å². The average Bonchev–Trinajstić information content (AvgIpc) is 3.51. The van der Waals surface area contributed by atoms with Gasteiger partial charge >= 0.3 is 0 Å². The molecule has 7 heteroatoms. The lowest BCUT2D eigenvalue weighted by molar-refractivity contribution is -0.125. The van der Waals surface area contributed by atoms with E-state index in [2.05, 4.69) is 53.6 Å². The summed E-state index contributed by atoms with van der Waals surface area (Å²) < 4.78 is 10.9. The fourth-order valence-corrected chi connectivity index (χ4v) is 5.37. The van der Waals surface area contributed by atoms with Gasteiger partial charge in [-0.3, -0.25) is 9.69 Å². The number of nitrogens with one attached hydrogen (secondary N) is 2. The molecular formula is C30H34ClN3O3. The van der Waals surface area contributed by atoms with Crippen molar-refractivity contribution < 1.29 is 14.3 Å². The van der Waals surface area contributed by atoms with Gasteiger partial charge in [0, 0.05) is 37.2 Å². The van der Waals surface area contributed by atoms with E-state index in [1.165, 1.54) is 16.7 Å². The highest BCUT2D eigenvalue weighted by Gasteiger charge is 2.36. The van der Waals surface area contributed by atoms with Crippen molar-refractivity contribution in [3.05, 3.63) is 93.5 Å². The maximum atomic E-state index is 13.4. The molecule has 0 aliphatic carbocycles. The van der Waals surface area contributed by atoms with Crippen LogP contribution in [0.3, 0.4) is 0 Å². The van der Waals surface area contributed by atoms with E-state index in [1.54, 1.807) is 0 Å². The zero-order valence-corrected chi connectivity index (χ0v) is 22.2. The maximum Gasteiger partial charge on any atom is 0.237 e. The van der Waals surface area contributed by atoms with Crippen LogP contribution in [-0.4, -0.2) is 42.8 Å². The zero-order valence-electron chi connectivity index (χ0n) is 21.4. The summed E-state index contributed by atoms with van der Waals surface area (Å²) in [5.74, 6) is 1.61. The smallest absolute Gasteiger partial charge is 0.237 e. The number of ether oxygens (including phenoxy) is 2. The number of hydrogen-bond donors (Lipinski definition) is 2. The molecule has 2 N–H and O–H groups in total. The van der Waals surface area contributed by atoms with E-state index in [4.69, 9.17) is 21.1 Å². The van der Waals surface area contributed by atoms with Crippen molar-refractivity contribution >= 4 is 17.5 Å². The second-order valence-corrected chi connectivity index (χ2v) is 10.5. The van der Waals surface area contributed by atoms with E-state index in [-0.39, 0.29) is 24.8 Å². The fraction of sp³-hybridized carbons (Fsp3) is 0.367. The molecule has 5 rings (SSSR count). The van der Waals surface area contributed by atoms with Crippen LogP contribution >= 0.6 is 11.6 Å². The lowest BCUT2D eigenvalue weighted by Gasteiger charge is -2.23. The number of fused-ring (bicyclic) bond motifs is 1. The Morgan fingerprint density at radius 2 is 1.89 bits per heavy atom. The Bertz CT molecular complexity index is 1260. The van der Waals surface area contributed by atoms with Crippen LogP contribution in [0.4, 0.5) is 0 Å². The summed E-state index contributed by atoms with van der Waals surface area (Å²) in [5, 5.41) is 7.60. The summed E-state index contributed by atoms with van der Waals surface area (Å²) in [6.45, 7) is 7.38. The van der Waals surface area contributed by atoms with Gasteiger partial charge in [0.2, 0.25) is 12.7 Å². The number of nitrogens with zero attached hydrogens (tertiary/aromatic N) is 1. The minimum absolute atomic E-state index is 0.0683. The monoisotopic (exact) mass is 519 g/mol. The van der Waals surface area contributed by atoms with Crippen LogP contribution in [0.1, 0.15) is 34.2 Å². The Labute approximate surface area is 223 Å². The van der Waals surface area contributed by atoms with Gasteiger partial charge < -0.3 is 20.1 Å². The quantitative estimate of drug-likeness (QED) is 0.426. The summed E-state index contributed by atoms with van der Waals surface area (Å²) in [5.41, 5.74) is 6.07. The predicted octanol–water partition coefficient (Wildman–Crippen LogP) is 4.78. The van der Waals surface area contributed by atoms with E-state index in [0.717, 1.165) is 48.6 Å². The number of likely N-dealkylation sites (tertiary alicyclic amines) is 1. The molecule has 2 heterocycles. The van der Waals surface area contributed by atoms with Crippen LogP contribution < -0.4 is 20.1 Å². The molecule has 194 valence electrons. The van der Waals surface area contributed by atoms with Crippen molar-refractivity contribution in [1.29, 1.82) is 0 Å². The van der Waals surface area contributed by atoms with Gasteiger partial charge in [0.1, 0.15) is 0 Å². The summed E-state index contributed by atoms with van der Waals surface area (Å²) in [4.78, 5) is 15.6. The standard InChI is InChI=1S/C30H34ClN3O3/c1-20-6-7-21(2)24(12-20)16-33-26-15-27(34(18-26)17-23-4-3-5-25(31)13-23)30(35)32-11-10-22-8-9-28-29(14-22)37-19-36-28/h3-9,12-14,26-27,33H,10-11,15-19H2,1-2H3,(H,32,35)/t26-,27+/m1/s1. The number of amides is 1. The van der Waals surface area contributed by atoms with Crippen molar-refractivity contribution in [2.24, 2.45) is 0 Å². The molecule has 1 saturated heterocycles. The highest BCUT2D eigenvalue weighted by atomic mass is 35.5. The highest BCUT2D eigenvalue weighted by Crippen LogP contribution is 2.32. The molecule has 2 atom stereocenters. The maximum absolute atomic E-state index is 13.4. The van der Waals surface area contributed by atoms with Gasteiger partial charge in [-0.05, 0) is 73.2 Å². The predicted molar refractivity (Wildman–Crippen MR) is 146 cm³/mol. The average molecular weight is 520 g/mol. The largest absolute Gasteiger partial charge is 0.454 e. The zero-order chi connectivity index (χ0) is 25.8. The van der Waals surface area contributed by atoms with Crippen molar-refractivity contribution in [2.75, 3.05) is 19.9 Å². The molecule has 0 aromatic heterocycles. The van der Waals surface area contributed by atoms with Gasteiger partial charge in [-0.1, -0.05) is 53.6 Å². The molecule has 37 heavy (non-hydrogen) atoms. The molecular weight excluding hydrogens is 486 g/mol. The van der Waals surface area contributed by atoms with Crippen LogP contribution in [0.5, 0.6) is 11.5 Å². The van der Waals surface area contributed by atoms with Gasteiger partial charge in [0.15, 0.2) is 11.5 Å². The number of halogens is 1. The van der Waals surface area contributed by atoms with E-state index in [9.17, 15) is 4.79 Å². The number of hydrogen-bond acceptors (Lipinski definition) is 5. The number of rotatable bonds is 9. The second-order valence-electron chi connectivity index (χ2n) is 10.0. The summed E-state index contributed by atoms with van der Waals surface area (Å²) >= 11 is 6.24. The SMILES string of the molecule is Cc1ccc(C)c(CN[C@@H]2C[C@@H](C(=O)NCCc3ccc4c(c3)OCO4)N(Cc3cccc(Cl)c3)C2)c1. The van der Waals surface area contributed by atoms with Gasteiger partial charge in [-0.25, -0.2) is 0 Å². The summed E-state index contributed by atoms with van der Waals surface area (Å²) in [6, 6.07) is 20.4. The Morgan fingerprint density at radius 3 is 2.76 bits per heavy atom. The molecule has 0 saturated carbocycles. The topological polar surface area (TPSA) is 62.8 Å². The summed E-state index contributed by atoms with van der Waals surface area (Å²) in [6.07, 6.45) is 1.50. The summed E-state index contributed by atoms with van der Waals surface area (Å²) in [7, 11) is 0. The second kappa shape index (κ2) is 11.5. The lowest BCUT2D eigenvalue weighted by atomic mass is 10.0. The number of carbonyl (C=O) groups is 1. The lowest BCUT2D eigenvalue weighted by Crippen LogP contribution is -2.43. The van der Waals surface area contributed by atoms with Crippen LogP contribution in [0.15, 0.2) is 60.7 Å². The normalized spacial score (nSPS) is 18.8. The van der Waals surface area contributed by atoms with Crippen molar-refractivity contribution in [3.8, 4) is 11.5 Å². The molecule has 1 amide bonds. The molecule has 0 bridgehead atoms. The van der Waals surface area contributed by atoms with Crippen LogP contribution in [-0.2, 0) is 24.3 Å². The third-order valence-corrected chi connectivity index (χ3v) is 7.45. The Balaban J connectivity index is 1.22. The van der Waals surface area contributed by atoms with Gasteiger partial charge in [0.05, 0.1) is 6.04 Å². The molecule has 0 unspecified atom stereocenters. The molecule has 3 aromatic carbocycles. The van der Waals surface area contributed by atoms with E-state index in [1.807, 2.05) is 36.4 Å². The molecule has 0 radical (unpaired) electrons. The van der Waals surface area contributed by atoms with Gasteiger partial charge in [-0.2, -0.15) is 0 Å². The first-order valence-electron chi connectivity index (χ1n) is 12.9. The number of benzene rings is 3. The number of aryl methyl sites for hydroxylation is 2. The number of carbonyl (C=O) groups excluding carboxylic acids is 1. The van der Waals surface area contributed by atoms with Crippen molar-refractivity contribution in [2.45, 2.75) is 51.9 Å².